The van der Waals surface area contributed by atoms with Gasteiger partial charge in [0, 0.05) is 37.4 Å². The summed E-state index contributed by atoms with van der Waals surface area (Å²) in [7, 11) is 0. The van der Waals surface area contributed by atoms with Gasteiger partial charge >= 0.3 is 18.0 Å². The maximum Gasteiger partial charge on any atom is 0.365 e. The number of cyclic esters (lactones) is 1. The van der Waals surface area contributed by atoms with Gasteiger partial charge in [-0.3, -0.25) is 4.79 Å². The monoisotopic (exact) mass is 464 g/mol. The molecule has 0 atom stereocenters. The van der Waals surface area contributed by atoms with Crippen LogP contribution in [0.15, 0.2) is 59.4 Å². The Hall–Kier alpha value is -3.88. The summed E-state index contributed by atoms with van der Waals surface area (Å²) in [5.41, 5.74) is 1.05. The normalized spacial score (nSPS) is 17.4. The molecule has 0 radical (unpaired) electrons. The minimum Gasteiger partial charge on any atom is -0.466 e. The zero-order valence-corrected chi connectivity index (χ0v) is 19.1. The minimum atomic E-state index is -0.468. The molecule has 2 aromatic rings. The van der Waals surface area contributed by atoms with E-state index >= 15 is 0 Å². The topological polar surface area (TPSA) is 109 Å². The molecule has 4 rings (SSSR count). The van der Waals surface area contributed by atoms with Gasteiger partial charge in [-0.2, -0.15) is 0 Å². The fraction of sp³-hybridized carbons (Fsp3) is 0.360. The summed E-state index contributed by atoms with van der Waals surface area (Å²) in [6.45, 7) is 3.64. The summed E-state index contributed by atoms with van der Waals surface area (Å²) in [6, 6.07) is 13.4. The van der Waals surface area contributed by atoms with Gasteiger partial charge in [0.1, 0.15) is 0 Å². The number of ether oxygens (including phenoxy) is 2. The van der Waals surface area contributed by atoms with E-state index in [4.69, 9.17) is 9.47 Å². The van der Waals surface area contributed by atoms with Crippen molar-refractivity contribution in [1.82, 2.24) is 15.5 Å². The predicted octanol–water partition coefficient (Wildman–Crippen LogP) is 2.70. The zero-order valence-electron chi connectivity index (χ0n) is 19.1. The van der Waals surface area contributed by atoms with Crippen LogP contribution in [0.1, 0.15) is 31.7 Å². The van der Waals surface area contributed by atoms with Crippen LogP contribution in [0.4, 0.5) is 4.79 Å². The van der Waals surface area contributed by atoms with Gasteiger partial charge in [0.05, 0.1) is 13.0 Å². The third-order valence-electron chi connectivity index (χ3n) is 5.73. The number of carbonyl (C=O) groups excluding carboxylic acids is 3. The lowest BCUT2D eigenvalue weighted by molar-refractivity contribution is -0.142. The molecule has 0 unspecified atom stereocenters. The van der Waals surface area contributed by atoms with Crippen LogP contribution in [0.3, 0.4) is 0 Å². The van der Waals surface area contributed by atoms with Crippen LogP contribution in [0, 0.1) is 0 Å². The summed E-state index contributed by atoms with van der Waals surface area (Å²) in [5.74, 6) is -0.492. The van der Waals surface area contributed by atoms with Gasteiger partial charge in [-0.25, -0.2) is 14.6 Å². The van der Waals surface area contributed by atoms with Gasteiger partial charge in [0.25, 0.3) is 0 Å². The molecule has 34 heavy (non-hydrogen) atoms. The van der Waals surface area contributed by atoms with Crippen LogP contribution in [-0.4, -0.2) is 61.1 Å². The number of amides is 2. The third-order valence-corrected chi connectivity index (χ3v) is 5.73. The summed E-state index contributed by atoms with van der Waals surface area (Å²) in [4.78, 5) is 42.3. The summed E-state index contributed by atoms with van der Waals surface area (Å²) in [5, 5.41) is 7.63. The number of nitrogens with one attached hydrogen (secondary N) is 2. The summed E-state index contributed by atoms with van der Waals surface area (Å²) in [6.07, 6.45) is 3.33. The van der Waals surface area contributed by atoms with Crippen LogP contribution in [0.2, 0.25) is 0 Å². The average molecular weight is 465 g/mol. The average Bonchev–Trinajstić information content (AvgIpc) is 3.20. The lowest BCUT2D eigenvalue weighted by atomic mass is 10.0. The van der Waals surface area contributed by atoms with Gasteiger partial charge in [-0.05, 0) is 36.6 Å². The van der Waals surface area contributed by atoms with Crippen molar-refractivity contribution in [2.75, 3.05) is 26.2 Å². The summed E-state index contributed by atoms with van der Waals surface area (Å²) >= 11 is 0. The molecule has 1 fully saturated rings. The van der Waals surface area contributed by atoms with E-state index in [0.29, 0.717) is 25.6 Å². The predicted molar refractivity (Wildman–Crippen MR) is 127 cm³/mol. The lowest BCUT2D eigenvalue weighted by Gasteiger charge is -2.31. The Morgan fingerprint density at radius 2 is 1.94 bits per heavy atom. The molecule has 2 aliphatic heterocycles. The molecular formula is C25H28N4O5. The number of hydrogen-bond acceptors (Lipinski definition) is 7. The molecular weight excluding hydrogens is 436 g/mol. The van der Waals surface area contributed by atoms with Crippen molar-refractivity contribution in [3.05, 3.63) is 59.9 Å². The second kappa shape index (κ2) is 10.8. The highest BCUT2D eigenvalue weighted by Crippen LogP contribution is 2.24. The first-order valence-corrected chi connectivity index (χ1v) is 11.5. The molecule has 2 aliphatic rings. The maximum atomic E-state index is 12.4. The molecule has 9 nitrogen and oxygen atoms in total. The molecule has 0 spiro atoms. The van der Waals surface area contributed by atoms with E-state index in [2.05, 4.69) is 15.6 Å². The second-order valence-corrected chi connectivity index (χ2v) is 8.11. The van der Waals surface area contributed by atoms with Gasteiger partial charge in [0.15, 0.2) is 5.70 Å². The number of rotatable bonds is 7. The second-order valence-electron chi connectivity index (χ2n) is 8.11. The lowest BCUT2D eigenvalue weighted by Crippen LogP contribution is -2.47. The molecule has 2 amide bonds. The van der Waals surface area contributed by atoms with Crippen LogP contribution in [0.5, 0.6) is 0 Å². The number of hydrogen-bond donors (Lipinski definition) is 2. The zero-order chi connectivity index (χ0) is 23.9. The Morgan fingerprint density at radius 3 is 2.74 bits per heavy atom. The number of carbonyl (C=O) groups is 3. The van der Waals surface area contributed by atoms with E-state index in [9.17, 15) is 14.4 Å². The number of urea groups is 1. The van der Waals surface area contributed by atoms with E-state index in [1.165, 1.54) is 0 Å². The van der Waals surface area contributed by atoms with Crippen LogP contribution >= 0.6 is 0 Å². The molecule has 2 aromatic carbocycles. The highest BCUT2D eigenvalue weighted by molar-refractivity contribution is 6.16. The number of fused-ring (bicyclic) bond motifs is 1. The molecule has 2 heterocycles. The van der Waals surface area contributed by atoms with E-state index in [1.54, 1.807) is 13.1 Å². The summed E-state index contributed by atoms with van der Waals surface area (Å²) < 4.78 is 10.3. The Labute approximate surface area is 197 Å². The molecule has 0 bridgehead atoms. The van der Waals surface area contributed by atoms with Crippen molar-refractivity contribution in [3.63, 3.8) is 0 Å². The van der Waals surface area contributed by atoms with Crippen LogP contribution in [-0.2, 0) is 19.1 Å². The van der Waals surface area contributed by atoms with E-state index < -0.39 is 5.97 Å². The molecule has 0 aliphatic carbocycles. The highest BCUT2D eigenvalue weighted by atomic mass is 16.6. The fourth-order valence-corrected chi connectivity index (χ4v) is 4.02. The number of benzene rings is 2. The van der Waals surface area contributed by atoms with E-state index in [0.717, 1.165) is 29.2 Å². The number of likely N-dealkylation sites (tertiary alicyclic amines) is 1. The molecule has 2 N–H and O–H groups in total. The molecule has 0 saturated carbocycles. The van der Waals surface area contributed by atoms with Crippen molar-refractivity contribution in [3.8, 4) is 0 Å². The number of nitrogens with zero attached hydrogens (tertiary/aromatic N) is 2. The van der Waals surface area contributed by atoms with Crippen molar-refractivity contribution in [2.24, 2.45) is 4.99 Å². The van der Waals surface area contributed by atoms with Gasteiger partial charge < -0.3 is 25.0 Å². The Kier molecular flexibility index (Phi) is 7.41. The maximum absolute atomic E-state index is 12.4. The van der Waals surface area contributed by atoms with Gasteiger partial charge in [-0.1, -0.05) is 36.4 Å². The molecule has 9 heteroatoms. The number of aliphatic imine (C=N–C) groups is 1. The molecule has 1 saturated heterocycles. The van der Waals surface area contributed by atoms with Gasteiger partial charge in [0.2, 0.25) is 5.90 Å². The minimum absolute atomic E-state index is 0.0162. The first-order chi connectivity index (χ1) is 16.5. The van der Waals surface area contributed by atoms with E-state index in [1.807, 2.05) is 47.4 Å². The quantitative estimate of drug-likeness (QED) is 0.482. The fourth-order valence-electron chi connectivity index (χ4n) is 4.02. The first-order valence-electron chi connectivity index (χ1n) is 11.5. The van der Waals surface area contributed by atoms with Crippen molar-refractivity contribution >= 4 is 34.6 Å². The van der Waals surface area contributed by atoms with Gasteiger partial charge in [-0.15, -0.1) is 0 Å². The van der Waals surface area contributed by atoms with Crippen LogP contribution < -0.4 is 10.6 Å². The smallest absolute Gasteiger partial charge is 0.365 e. The third kappa shape index (κ3) is 5.72. The Bertz CT molecular complexity index is 1130. The standard InChI is InChI=1S/C25H28N4O5/c1-2-33-22(30)10-13-26-25(32)27-18-11-14-29(15-12-18)16-21-24(31)34-23(28-21)20-9-5-7-17-6-3-4-8-19(17)20/h3-9,16,18H,2,10-15H2,1H3,(H2,26,27,32). The largest absolute Gasteiger partial charge is 0.466 e. The number of piperidine rings is 1. The van der Waals surface area contributed by atoms with Crippen molar-refractivity contribution in [2.45, 2.75) is 32.2 Å². The Morgan fingerprint density at radius 1 is 1.18 bits per heavy atom. The van der Waals surface area contributed by atoms with Crippen LogP contribution in [0.25, 0.3) is 10.8 Å². The van der Waals surface area contributed by atoms with Crippen molar-refractivity contribution in [1.29, 1.82) is 0 Å². The highest BCUT2D eigenvalue weighted by Gasteiger charge is 2.27. The number of esters is 2. The molecule has 0 aromatic heterocycles. The SMILES string of the molecule is CCOC(=O)CCNC(=O)NC1CCN(C=C2N=C(c3cccc4ccccc34)OC2=O)CC1. The van der Waals surface area contributed by atoms with Crippen molar-refractivity contribution < 1.29 is 23.9 Å². The molecule has 178 valence electrons. The Balaban J connectivity index is 1.30. The van der Waals surface area contributed by atoms with E-state index in [-0.39, 0.29) is 36.7 Å². The first kappa shape index (κ1) is 23.3.